The van der Waals surface area contributed by atoms with Crippen molar-refractivity contribution in [3.63, 3.8) is 0 Å². The van der Waals surface area contributed by atoms with Crippen molar-refractivity contribution >= 4 is 31.1 Å². The minimum absolute atomic E-state index is 0.0325. The molecule has 2 N–H and O–H groups in total. The fourth-order valence-electron chi connectivity index (χ4n) is 0.834. The Morgan fingerprint density at radius 2 is 2.06 bits per heavy atom. The molecule has 0 heterocycles. The zero-order valence-electron chi connectivity index (χ0n) is 9.06. The number of hydrogen-bond acceptors (Lipinski definition) is 5. The largest absolute Gasteiger partial charge is 0.373 e. The van der Waals surface area contributed by atoms with Crippen molar-refractivity contribution in [2.45, 2.75) is 25.8 Å². The SMILES string of the molecule is C[C@H](CCC=O)NC(=O)NCCS.O=C=O. The van der Waals surface area contributed by atoms with Gasteiger partial charge in [-0.05, 0) is 13.3 Å². The number of urea groups is 1. The summed E-state index contributed by atoms with van der Waals surface area (Å²) < 4.78 is 0. The molecule has 0 radical (unpaired) electrons. The molecule has 16 heavy (non-hydrogen) atoms. The van der Waals surface area contributed by atoms with E-state index in [1.165, 1.54) is 0 Å². The van der Waals surface area contributed by atoms with Gasteiger partial charge in [-0.15, -0.1) is 0 Å². The molecule has 0 aliphatic carbocycles. The van der Waals surface area contributed by atoms with E-state index in [4.69, 9.17) is 9.59 Å². The predicted octanol–water partition coefficient (Wildman–Crippen LogP) is -0.000500. The van der Waals surface area contributed by atoms with E-state index in [0.29, 0.717) is 25.1 Å². The van der Waals surface area contributed by atoms with Gasteiger partial charge in [0.05, 0.1) is 0 Å². The molecule has 0 aliphatic heterocycles. The van der Waals surface area contributed by atoms with Gasteiger partial charge >= 0.3 is 12.2 Å². The van der Waals surface area contributed by atoms with Crippen molar-refractivity contribution in [1.29, 1.82) is 0 Å². The molecule has 1 atom stereocenters. The number of amides is 2. The highest BCUT2D eigenvalue weighted by Gasteiger charge is 2.04. The van der Waals surface area contributed by atoms with Crippen molar-refractivity contribution in [3.8, 4) is 0 Å². The Kier molecular flexibility index (Phi) is 14.6. The lowest BCUT2D eigenvalue weighted by Crippen LogP contribution is -2.41. The van der Waals surface area contributed by atoms with Crippen molar-refractivity contribution in [2.75, 3.05) is 12.3 Å². The molecular formula is C9H16N2O4S. The Hall–Kier alpha value is -1.33. The summed E-state index contributed by atoms with van der Waals surface area (Å²) in [5.74, 6) is 0.621. The molecule has 7 heteroatoms. The van der Waals surface area contributed by atoms with E-state index in [1.54, 1.807) is 0 Å². The Bertz CT molecular complexity index is 230. The molecule has 0 rings (SSSR count). The lowest BCUT2D eigenvalue weighted by Gasteiger charge is -2.12. The summed E-state index contributed by atoms with van der Waals surface area (Å²) in [5.41, 5.74) is 0. The van der Waals surface area contributed by atoms with Crippen LogP contribution < -0.4 is 10.6 Å². The predicted molar refractivity (Wildman–Crippen MR) is 60.2 cm³/mol. The van der Waals surface area contributed by atoms with E-state index in [0.717, 1.165) is 6.29 Å². The average Bonchev–Trinajstić information content (AvgIpc) is 2.24. The number of rotatable bonds is 6. The first-order valence-electron chi connectivity index (χ1n) is 4.70. The van der Waals surface area contributed by atoms with E-state index in [1.807, 2.05) is 6.92 Å². The second-order valence-corrected chi connectivity index (χ2v) is 3.30. The molecular weight excluding hydrogens is 232 g/mol. The number of carbonyl (C=O) groups excluding carboxylic acids is 4. The highest BCUT2D eigenvalue weighted by molar-refractivity contribution is 7.80. The van der Waals surface area contributed by atoms with Gasteiger partial charge in [-0.3, -0.25) is 0 Å². The topological polar surface area (TPSA) is 92.3 Å². The molecule has 6 nitrogen and oxygen atoms in total. The number of nitrogens with one attached hydrogen (secondary N) is 2. The zero-order chi connectivity index (χ0) is 12.8. The van der Waals surface area contributed by atoms with Gasteiger partial charge in [0.1, 0.15) is 6.29 Å². The first-order valence-corrected chi connectivity index (χ1v) is 5.33. The first-order chi connectivity index (χ1) is 7.62. The van der Waals surface area contributed by atoms with Gasteiger partial charge in [0.15, 0.2) is 0 Å². The van der Waals surface area contributed by atoms with Gasteiger partial charge in [0.2, 0.25) is 0 Å². The van der Waals surface area contributed by atoms with E-state index < -0.39 is 0 Å². The fourth-order valence-corrected chi connectivity index (χ4v) is 0.946. The van der Waals surface area contributed by atoms with E-state index in [2.05, 4.69) is 23.3 Å². The minimum Gasteiger partial charge on any atom is -0.337 e. The van der Waals surface area contributed by atoms with Crippen LogP contribution in [0.1, 0.15) is 19.8 Å². The smallest absolute Gasteiger partial charge is 0.337 e. The Labute approximate surface area is 99.6 Å². The third kappa shape index (κ3) is 15.2. The summed E-state index contributed by atoms with van der Waals surface area (Å²) >= 11 is 3.95. The summed E-state index contributed by atoms with van der Waals surface area (Å²) in [5, 5.41) is 5.33. The molecule has 0 fully saturated rings. The minimum atomic E-state index is -0.201. The summed E-state index contributed by atoms with van der Waals surface area (Å²) in [4.78, 5) is 37.3. The molecule has 2 amide bonds. The van der Waals surface area contributed by atoms with Gasteiger partial charge in [0, 0.05) is 24.8 Å². The van der Waals surface area contributed by atoms with Crippen LogP contribution in [0.2, 0.25) is 0 Å². The average molecular weight is 248 g/mol. The summed E-state index contributed by atoms with van der Waals surface area (Å²) in [6.07, 6.45) is 2.26. The molecule has 0 aromatic rings. The second-order valence-electron chi connectivity index (χ2n) is 2.85. The van der Waals surface area contributed by atoms with Gasteiger partial charge in [-0.2, -0.15) is 22.2 Å². The number of thiol groups is 1. The fraction of sp³-hybridized carbons (Fsp3) is 0.667. The van der Waals surface area contributed by atoms with Crippen molar-refractivity contribution in [3.05, 3.63) is 0 Å². The maximum absolute atomic E-state index is 11.0. The third-order valence-electron chi connectivity index (χ3n) is 1.49. The third-order valence-corrected chi connectivity index (χ3v) is 1.72. The van der Waals surface area contributed by atoms with Crippen molar-refractivity contribution in [2.24, 2.45) is 0 Å². The van der Waals surface area contributed by atoms with Gasteiger partial charge in [0.25, 0.3) is 0 Å². The molecule has 0 spiro atoms. The standard InChI is InChI=1S/C8H16N2O2S.CO2/c1-7(3-2-5-11)10-8(12)9-4-6-13;2-1-3/h5,7,13H,2-4,6H2,1H3,(H2,9,10,12);/t7-;/m1./s1. The molecule has 0 aliphatic rings. The van der Waals surface area contributed by atoms with Crippen LogP contribution in [-0.2, 0) is 14.4 Å². The van der Waals surface area contributed by atoms with Gasteiger partial charge < -0.3 is 15.4 Å². The van der Waals surface area contributed by atoms with E-state index in [-0.39, 0.29) is 18.2 Å². The molecule has 0 aromatic carbocycles. The van der Waals surface area contributed by atoms with Crippen LogP contribution in [0.15, 0.2) is 0 Å². The Morgan fingerprint density at radius 1 is 1.50 bits per heavy atom. The zero-order valence-corrected chi connectivity index (χ0v) is 9.96. The van der Waals surface area contributed by atoms with Gasteiger partial charge in [-0.25, -0.2) is 4.79 Å². The molecule has 0 bridgehead atoms. The lowest BCUT2D eigenvalue weighted by atomic mass is 10.2. The van der Waals surface area contributed by atoms with Crippen LogP contribution in [0.3, 0.4) is 0 Å². The maximum Gasteiger partial charge on any atom is 0.373 e. The van der Waals surface area contributed by atoms with Crippen LogP contribution in [0.5, 0.6) is 0 Å². The van der Waals surface area contributed by atoms with Crippen LogP contribution in [0.25, 0.3) is 0 Å². The number of carbonyl (C=O) groups is 2. The Morgan fingerprint density at radius 3 is 2.50 bits per heavy atom. The van der Waals surface area contributed by atoms with Crippen LogP contribution in [0, 0.1) is 0 Å². The van der Waals surface area contributed by atoms with E-state index in [9.17, 15) is 9.59 Å². The number of hydrogen-bond donors (Lipinski definition) is 3. The maximum atomic E-state index is 11.0. The normalized spacial score (nSPS) is 10.1. The number of aldehydes is 1. The highest BCUT2D eigenvalue weighted by Crippen LogP contribution is 1.92. The highest BCUT2D eigenvalue weighted by atomic mass is 32.1. The Balaban J connectivity index is 0. The van der Waals surface area contributed by atoms with Crippen LogP contribution in [-0.4, -0.2) is 36.8 Å². The quantitative estimate of drug-likeness (QED) is 0.455. The summed E-state index contributed by atoms with van der Waals surface area (Å²) in [6.45, 7) is 2.42. The summed E-state index contributed by atoms with van der Waals surface area (Å²) in [7, 11) is 0. The second kappa shape index (κ2) is 13.7. The molecule has 0 aromatic heterocycles. The molecule has 92 valence electrons. The monoisotopic (exact) mass is 248 g/mol. The van der Waals surface area contributed by atoms with Crippen LogP contribution >= 0.6 is 12.6 Å². The van der Waals surface area contributed by atoms with Crippen molar-refractivity contribution < 1.29 is 19.2 Å². The van der Waals surface area contributed by atoms with Crippen LogP contribution in [0.4, 0.5) is 4.79 Å². The lowest BCUT2D eigenvalue weighted by molar-refractivity contribution is -0.191. The molecule has 0 unspecified atom stereocenters. The van der Waals surface area contributed by atoms with Gasteiger partial charge in [-0.1, -0.05) is 0 Å². The summed E-state index contributed by atoms with van der Waals surface area (Å²) in [6, 6.07) is -0.169. The first kappa shape index (κ1) is 17.1. The van der Waals surface area contributed by atoms with Crippen molar-refractivity contribution in [1.82, 2.24) is 10.6 Å². The van der Waals surface area contributed by atoms with E-state index >= 15 is 0 Å². The molecule has 0 saturated carbocycles. The molecule has 0 saturated heterocycles.